The van der Waals surface area contributed by atoms with Crippen LogP contribution in [0.4, 0.5) is 13.2 Å². The SMILES string of the molecule is CC(NCc1ccc(C(N)=O)cc1)(C(=O)O)C(F)(F)F. The van der Waals surface area contributed by atoms with Crippen LogP contribution in [-0.4, -0.2) is 28.7 Å². The number of carbonyl (C=O) groups is 2. The Labute approximate surface area is 112 Å². The van der Waals surface area contributed by atoms with Crippen molar-refractivity contribution in [1.82, 2.24) is 5.32 Å². The van der Waals surface area contributed by atoms with E-state index in [1.165, 1.54) is 24.3 Å². The number of hydrogen-bond acceptors (Lipinski definition) is 3. The molecule has 0 aliphatic rings. The summed E-state index contributed by atoms with van der Waals surface area (Å²) in [6, 6.07) is 5.49. The number of hydrogen-bond donors (Lipinski definition) is 3. The molecular formula is C12H13F3N2O3. The predicted octanol–water partition coefficient (Wildman–Crippen LogP) is 1.28. The Bertz CT molecular complexity index is 514. The topological polar surface area (TPSA) is 92.4 Å². The maximum Gasteiger partial charge on any atom is 0.417 e. The Morgan fingerprint density at radius 2 is 1.75 bits per heavy atom. The van der Waals surface area contributed by atoms with Crippen LogP contribution < -0.4 is 11.1 Å². The van der Waals surface area contributed by atoms with Crippen molar-refractivity contribution in [1.29, 1.82) is 0 Å². The van der Waals surface area contributed by atoms with Gasteiger partial charge < -0.3 is 10.8 Å². The van der Waals surface area contributed by atoms with Gasteiger partial charge in [-0.1, -0.05) is 12.1 Å². The monoisotopic (exact) mass is 290 g/mol. The van der Waals surface area contributed by atoms with Gasteiger partial charge in [0.15, 0.2) is 0 Å². The largest absolute Gasteiger partial charge is 0.480 e. The van der Waals surface area contributed by atoms with E-state index in [9.17, 15) is 22.8 Å². The van der Waals surface area contributed by atoms with Crippen LogP contribution in [0, 0.1) is 0 Å². The van der Waals surface area contributed by atoms with Crippen molar-refractivity contribution in [2.24, 2.45) is 5.73 Å². The van der Waals surface area contributed by atoms with E-state index in [0.717, 1.165) is 0 Å². The molecule has 0 aromatic heterocycles. The van der Waals surface area contributed by atoms with Gasteiger partial charge in [-0.3, -0.25) is 10.1 Å². The molecule has 0 heterocycles. The second-order valence-corrected chi connectivity index (χ2v) is 4.34. The molecular weight excluding hydrogens is 277 g/mol. The normalized spacial score (nSPS) is 14.6. The molecule has 1 rings (SSSR count). The van der Waals surface area contributed by atoms with Gasteiger partial charge in [0.25, 0.3) is 0 Å². The number of nitrogens with two attached hydrogens (primary N) is 1. The molecule has 0 radical (unpaired) electrons. The van der Waals surface area contributed by atoms with Crippen molar-refractivity contribution in [3.8, 4) is 0 Å². The van der Waals surface area contributed by atoms with Gasteiger partial charge in [0.2, 0.25) is 11.4 Å². The maximum absolute atomic E-state index is 12.7. The average Bonchev–Trinajstić information content (AvgIpc) is 2.34. The van der Waals surface area contributed by atoms with Crippen molar-refractivity contribution in [3.63, 3.8) is 0 Å². The fourth-order valence-electron chi connectivity index (χ4n) is 1.36. The number of halogens is 3. The minimum absolute atomic E-state index is 0.213. The molecule has 0 saturated heterocycles. The maximum atomic E-state index is 12.7. The van der Waals surface area contributed by atoms with E-state index in [4.69, 9.17) is 10.8 Å². The molecule has 0 saturated carbocycles. The van der Waals surface area contributed by atoms with Crippen molar-refractivity contribution in [2.75, 3.05) is 0 Å². The van der Waals surface area contributed by atoms with Crippen LogP contribution in [0.15, 0.2) is 24.3 Å². The molecule has 0 aliphatic heterocycles. The van der Waals surface area contributed by atoms with Crippen LogP contribution in [0.1, 0.15) is 22.8 Å². The Kier molecular flexibility index (Phi) is 4.39. The summed E-state index contributed by atoms with van der Waals surface area (Å²) in [7, 11) is 0. The molecule has 1 atom stereocenters. The quantitative estimate of drug-likeness (QED) is 0.761. The minimum atomic E-state index is -4.94. The highest BCUT2D eigenvalue weighted by Gasteiger charge is 2.57. The standard InChI is InChI=1S/C12H13F3N2O3/c1-11(10(19)20,12(13,14)15)17-6-7-2-4-8(5-3-7)9(16)18/h2-5,17H,6H2,1H3,(H2,16,18)(H,19,20). The first-order valence-electron chi connectivity index (χ1n) is 5.52. The molecule has 20 heavy (non-hydrogen) atoms. The number of aliphatic carboxylic acids is 1. The fourth-order valence-corrected chi connectivity index (χ4v) is 1.36. The third-order valence-corrected chi connectivity index (χ3v) is 2.88. The van der Waals surface area contributed by atoms with E-state index in [-0.39, 0.29) is 12.1 Å². The summed E-state index contributed by atoms with van der Waals surface area (Å²) < 4.78 is 38.2. The fraction of sp³-hybridized carbons (Fsp3) is 0.333. The number of nitrogens with one attached hydrogen (secondary N) is 1. The van der Waals surface area contributed by atoms with Crippen LogP contribution >= 0.6 is 0 Å². The van der Waals surface area contributed by atoms with Crippen LogP contribution in [0.5, 0.6) is 0 Å². The number of carboxylic acids is 1. The van der Waals surface area contributed by atoms with Gasteiger partial charge in [-0.25, -0.2) is 4.79 Å². The summed E-state index contributed by atoms with van der Waals surface area (Å²) in [5.41, 5.74) is 2.59. The number of rotatable bonds is 5. The van der Waals surface area contributed by atoms with Crippen LogP contribution in [0.2, 0.25) is 0 Å². The summed E-state index contributed by atoms with van der Waals surface area (Å²) >= 11 is 0. The summed E-state index contributed by atoms with van der Waals surface area (Å²) in [6.45, 7) is 0.231. The van der Waals surface area contributed by atoms with Gasteiger partial charge in [0.05, 0.1) is 0 Å². The molecule has 5 nitrogen and oxygen atoms in total. The second kappa shape index (κ2) is 5.49. The van der Waals surface area contributed by atoms with Crippen LogP contribution in [-0.2, 0) is 11.3 Å². The zero-order valence-corrected chi connectivity index (χ0v) is 10.5. The summed E-state index contributed by atoms with van der Waals surface area (Å²) in [5.74, 6) is -2.67. The predicted molar refractivity (Wildman–Crippen MR) is 63.9 cm³/mol. The first-order valence-corrected chi connectivity index (χ1v) is 5.52. The Morgan fingerprint density at radius 3 is 2.10 bits per heavy atom. The molecule has 0 aliphatic carbocycles. The van der Waals surface area contributed by atoms with Crippen molar-refractivity contribution in [2.45, 2.75) is 25.2 Å². The van der Waals surface area contributed by atoms with Crippen molar-refractivity contribution < 1.29 is 27.9 Å². The van der Waals surface area contributed by atoms with E-state index in [0.29, 0.717) is 12.5 Å². The third kappa shape index (κ3) is 3.27. The lowest BCUT2D eigenvalue weighted by Gasteiger charge is -2.28. The van der Waals surface area contributed by atoms with Crippen molar-refractivity contribution >= 4 is 11.9 Å². The first-order chi connectivity index (χ1) is 9.08. The van der Waals surface area contributed by atoms with E-state index in [1.54, 1.807) is 0 Å². The number of carbonyl (C=O) groups excluding carboxylic acids is 1. The van der Waals surface area contributed by atoms with E-state index < -0.39 is 23.6 Å². The molecule has 1 aromatic carbocycles. The molecule has 1 aromatic rings. The summed E-state index contributed by atoms with van der Waals surface area (Å²) in [5, 5.41) is 10.7. The average molecular weight is 290 g/mol. The molecule has 0 bridgehead atoms. The Balaban J connectivity index is 2.84. The highest BCUT2D eigenvalue weighted by Crippen LogP contribution is 2.30. The van der Waals surface area contributed by atoms with E-state index in [2.05, 4.69) is 0 Å². The lowest BCUT2D eigenvalue weighted by molar-refractivity contribution is -0.206. The lowest BCUT2D eigenvalue weighted by Crippen LogP contribution is -2.59. The van der Waals surface area contributed by atoms with Gasteiger partial charge >= 0.3 is 12.1 Å². The molecule has 110 valence electrons. The smallest absolute Gasteiger partial charge is 0.417 e. The molecule has 1 amide bonds. The highest BCUT2D eigenvalue weighted by atomic mass is 19.4. The van der Waals surface area contributed by atoms with Gasteiger partial charge in [-0.05, 0) is 24.6 Å². The molecule has 1 unspecified atom stereocenters. The van der Waals surface area contributed by atoms with Crippen LogP contribution in [0.3, 0.4) is 0 Å². The number of primary amides is 1. The Morgan fingerprint density at radius 1 is 1.25 bits per heavy atom. The van der Waals surface area contributed by atoms with Gasteiger partial charge in [-0.2, -0.15) is 13.2 Å². The molecule has 0 spiro atoms. The zero-order valence-electron chi connectivity index (χ0n) is 10.5. The summed E-state index contributed by atoms with van der Waals surface area (Å²) in [6.07, 6.45) is -4.94. The van der Waals surface area contributed by atoms with Gasteiger partial charge in [0, 0.05) is 12.1 Å². The van der Waals surface area contributed by atoms with Gasteiger partial charge in [0.1, 0.15) is 0 Å². The van der Waals surface area contributed by atoms with Gasteiger partial charge in [-0.15, -0.1) is 0 Å². The van der Waals surface area contributed by atoms with E-state index in [1.807, 2.05) is 5.32 Å². The lowest BCUT2D eigenvalue weighted by atomic mass is 10.0. The summed E-state index contributed by atoms with van der Waals surface area (Å²) in [4.78, 5) is 21.6. The zero-order chi connectivity index (χ0) is 15.6. The molecule has 0 fully saturated rings. The second-order valence-electron chi connectivity index (χ2n) is 4.34. The number of benzene rings is 1. The first kappa shape index (κ1) is 16.0. The minimum Gasteiger partial charge on any atom is -0.480 e. The number of carboxylic acid groups (broad SMARTS) is 1. The number of amides is 1. The van der Waals surface area contributed by atoms with Crippen LogP contribution in [0.25, 0.3) is 0 Å². The molecule has 8 heteroatoms. The van der Waals surface area contributed by atoms with Crippen molar-refractivity contribution in [3.05, 3.63) is 35.4 Å². The van der Waals surface area contributed by atoms with E-state index >= 15 is 0 Å². The number of alkyl halides is 3. The highest BCUT2D eigenvalue weighted by molar-refractivity contribution is 5.92. The third-order valence-electron chi connectivity index (χ3n) is 2.88. The Hall–Kier alpha value is -2.09. The molecule has 4 N–H and O–H groups in total.